The summed E-state index contributed by atoms with van der Waals surface area (Å²) in [4.78, 5) is 24.9. The monoisotopic (exact) mass is 473 g/mol. The summed E-state index contributed by atoms with van der Waals surface area (Å²) in [5, 5.41) is 23.4. The Bertz CT molecular complexity index is 1440. The number of phenols is 1. The molecule has 1 saturated heterocycles. The second-order valence-electron chi connectivity index (χ2n) is 9.47. The quantitative estimate of drug-likeness (QED) is 0.418. The van der Waals surface area contributed by atoms with Gasteiger partial charge < -0.3 is 20.6 Å². The van der Waals surface area contributed by atoms with Crippen LogP contribution in [0.2, 0.25) is 0 Å². The summed E-state index contributed by atoms with van der Waals surface area (Å²) in [6.07, 6.45) is 1.89. The van der Waals surface area contributed by atoms with Crippen LogP contribution < -0.4 is 15.5 Å². The number of hydrogen-bond donors (Lipinski definition) is 3. The van der Waals surface area contributed by atoms with Crippen LogP contribution in [0.15, 0.2) is 30.5 Å². The first kappa shape index (κ1) is 23.0. The number of carbonyl (C=O) groups is 1. The van der Waals surface area contributed by atoms with Gasteiger partial charge in [-0.25, -0.2) is 9.97 Å². The van der Waals surface area contributed by atoms with Gasteiger partial charge in [-0.1, -0.05) is 0 Å². The van der Waals surface area contributed by atoms with Gasteiger partial charge in [-0.3, -0.25) is 9.48 Å². The first-order valence-corrected chi connectivity index (χ1v) is 12.0. The molecule has 3 N–H and O–H groups in total. The maximum atomic E-state index is 13.1. The molecule has 1 fully saturated rings. The van der Waals surface area contributed by atoms with E-state index in [9.17, 15) is 9.90 Å². The van der Waals surface area contributed by atoms with Gasteiger partial charge in [0, 0.05) is 67.0 Å². The summed E-state index contributed by atoms with van der Waals surface area (Å²) in [7, 11) is 1.84. The van der Waals surface area contributed by atoms with Crippen molar-refractivity contribution >= 4 is 33.4 Å². The van der Waals surface area contributed by atoms with Gasteiger partial charge in [-0.05, 0) is 52.0 Å². The van der Waals surface area contributed by atoms with E-state index in [1.807, 2.05) is 51.4 Å². The summed E-state index contributed by atoms with van der Waals surface area (Å²) in [5.41, 5.74) is 3.84. The number of aromatic nitrogens is 4. The Labute approximate surface area is 204 Å². The maximum absolute atomic E-state index is 13.1. The number of fused-ring (bicyclic) bond motifs is 2. The van der Waals surface area contributed by atoms with E-state index in [-0.39, 0.29) is 11.7 Å². The van der Waals surface area contributed by atoms with Crippen LogP contribution in [-0.2, 0) is 7.05 Å². The predicted molar refractivity (Wildman–Crippen MR) is 138 cm³/mol. The zero-order valence-corrected chi connectivity index (χ0v) is 20.8. The second-order valence-corrected chi connectivity index (χ2v) is 9.47. The molecular weight excluding hydrogens is 442 g/mol. The Morgan fingerprint density at radius 2 is 1.94 bits per heavy atom. The molecule has 1 amide bonds. The topological polar surface area (TPSA) is 108 Å². The smallest absolute Gasteiger partial charge is 0.270 e. The van der Waals surface area contributed by atoms with Crippen LogP contribution in [0.4, 0.5) is 5.69 Å². The molecule has 1 aliphatic heterocycles. The third kappa shape index (κ3) is 4.16. The maximum Gasteiger partial charge on any atom is 0.270 e. The fraction of sp³-hybridized carbons (Fsp3) is 0.385. The minimum absolute atomic E-state index is 0.0674. The highest BCUT2D eigenvalue weighted by Crippen LogP contribution is 2.36. The van der Waals surface area contributed by atoms with Gasteiger partial charge in [0.1, 0.15) is 11.4 Å². The Balaban J connectivity index is 1.68. The standard InChI is InChI=1S/C26H31N7O2/c1-6-27-26(35)23-19-10-18(33-11-14(2)28-15(3)12-33)7-8-21(19)29-25(30-23)20-9-17-13-32(5)31-22(17)16(4)24(20)34/h7-10,13-15,28,34H,6,11-12H2,1-5H3,(H,27,35)/t14-,15-/m1/s1. The van der Waals surface area contributed by atoms with Crippen molar-refractivity contribution in [3.63, 3.8) is 0 Å². The number of benzene rings is 2. The summed E-state index contributed by atoms with van der Waals surface area (Å²) < 4.78 is 1.71. The van der Waals surface area contributed by atoms with Crippen molar-refractivity contribution in [1.82, 2.24) is 30.4 Å². The van der Waals surface area contributed by atoms with Gasteiger partial charge >= 0.3 is 0 Å². The lowest BCUT2D eigenvalue weighted by Gasteiger charge is -2.37. The van der Waals surface area contributed by atoms with Crippen LogP contribution in [-0.4, -0.2) is 62.5 Å². The number of anilines is 1. The van der Waals surface area contributed by atoms with Crippen molar-refractivity contribution < 1.29 is 9.90 Å². The molecule has 1 aliphatic rings. The average Bonchev–Trinajstić information content (AvgIpc) is 3.20. The lowest BCUT2D eigenvalue weighted by molar-refractivity contribution is 0.0952. The SMILES string of the molecule is CCNC(=O)c1nc(-c2cc3cn(C)nc3c(C)c2O)nc2ccc(N3C[C@@H](C)N[C@H](C)C3)cc12. The summed E-state index contributed by atoms with van der Waals surface area (Å²) in [6.45, 7) is 10.3. The Morgan fingerprint density at radius 3 is 2.66 bits per heavy atom. The minimum Gasteiger partial charge on any atom is -0.507 e. The lowest BCUT2D eigenvalue weighted by Crippen LogP contribution is -2.54. The van der Waals surface area contributed by atoms with Crippen LogP contribution >= 0.6 is 0 Å². The van der Waals surface area contributed by atoms with E-state index in [1.54, 1.807) is 4.68 Å². The third-order valence-corrected chi connectivity index (χ3v) is 6.52. The van der Waals surface area contributed by atoms with Gasteiger partial charge in [-0.2, -0.15) is 5.10 Å². The third-order valence-electron chi connectivity index (χ3n) is 6.52. The van der Waals surface area contributed by atoms with Gasteiger partial charge in [0.2, 0.25) is 0 Å². The molecule has 0 aliphatic carbocycles. The Hall–Kier alpha value is -3.72. The number of phenolic OH excluding ortho intramolecular Hbond substituents is 1. The van der Waals surface area contributed by atoms with Gasteiger partial charge in [0.15, 0.2) is 5.82 Å². The van der Waals surface area contributed by atoms with E-state index >= 15 is 0 Å². The van der Waals surface area contributed by atoms with E-state index in [2.05, 4.69) is 39.5 Å². The van der Waals surface area contributed by atoms with Crippen LogP contribution in [0.1, 0.15) is 36.8 Å². The van der Waals surface area contributed by atoms with Crippen molar-refractivity contribution in [3.05, 3.63) is 41.7 Å². The van der Waals surface area contributed by atoms with E-state index in [1.165, 1.54) is 0 Å². The molecule has 182 valence electrons. The number of aromatic hydroxyl groups is 1. The highest BCUT2D eigenvalue weighted by molar-refractivity contribution is 6.06. The summed E-state index contributed by atoms with van der Waals surface area (Å²) in [6, 6.07) is 8.53. The van der Waals surface area contributed by atoms with Crippen molar-refractivity contribution in [2.45, 2.75) is 39.8 Å². The van der Waals surface area contributed by atoms with Gasteiger partial charge in [-0.15, -0.1) is 0 Å². The van der Waals surface area contributed by atoms with Crippen LogP contribution in [0.5, 0.6) is 5.75 Å². The van der Waals surface area contributed by atoms with Crippen molar-refractivity contribution in [1.29, 1.82) is 0 Å². The Kier molecular flexibility index (Phi) is 5.80. The fourth-order valence-electron chi connectivity index (χ4n) is 5.00. The number of nitrogens with one attached hydrogen (secondary N) is 2. The predicted octanol–water partition coefficient (Wildman–Crippen LogP) is 3.13. The highest BCUT2D eigenvalue weighted by Gasteiger charge is 2.24. The van der Waals surface area contributed by atoms with Crippen LogP contribution in [0.25, 0.3) is 33.2 Å². The average molecular weight is 474 g/mol. The summed E-state index contributed by atoms with van der Waals surface area (Å²) >= 11 is 0. The molecule has 0 saturated carbocycles. The minimum atomic E-state index is -0.265. The molecule has 3 heterocycles. The lowest BCUT2D eigenvalue weighted by atomic mass is 10.0. The number of amides is 1. The highest BCUT2D eigenvalue weighted by atomic mass is 16.3. The van der Waals surface area contributed by atoms with Gasteiger partial charge in [0.05, 0.1) is 16.6 Å². The zero-order chi connectivity index (χ0) is 24.9. The van der Waals surface area contributed by atoms with E-state index in [0.29, 0.717) is 52.2 Å². The molecule has 0 bridgehead atoms. The first-order valence-electron chi connectivity index (χ1n) is 12.0. The van der Waals surface area contributed by atoms with E-state index in [0.717, 1.165) is 29.7 Å². The molecule has 0 unspecified atom stereocenters. The number of carbonyl (C=O) groups excluding carboxylic acids is 1. The molecule has 0 spiro atoms. The fourth-order valence-corrected chi connectivity index (χ4v) is 5.00. The first-order chi connectivity index (χ1) is 16.7. The van der Waals surface area contributed by atoms with Crippen LogP contribution in [0.3, 0.4) is 0 Å². The largest absolute Gasteiger partial charge is 0.507 e. The molecule has 9 heteroatoms. The molecule has 35 heavy (non-hydrogen) atoms. The molecule has 5 rings (SSSR count). The molecule has 2 aromatic heterocycles. The molecule has 0 radical (unpaired) electrons. The number of piperazine rings is 1. The molecule has 4 aromatic rings. The zero-order valence-electron chi connectivity index (χ0n) is 20.8. The molecule has 2 aromatic carbocycles. The number of rotatable bonds is 4. The normalized spacial score (nSPS) is 18.4. The molecule has 2 atom stereocenters. The molecule has 9 nitrogen and oxygen atoms in total. The van der Waals surface area contributed by atoms with Crippen molar-refractivity contribution in [3.8, 4) is 17.1 Å². The number of aryl methyl sites for hydroxylation is 2. The van der Waals surface area contributed by atoms with Crippen LogP contribution in [0, 0.1) is 6.92 Å². The molecular formula is C26H31N7O2. The second kappa shape index (κ2) is 8.81. The summed E-state index contributed by atoms with van der Waals surface area (Å²) in [5.74, 6) is 0.110. The van der Waals surface area contributed by atoms with Crippen molar-refractivity contribution in [2.75, 3.05) is 24.5 Å². The Morgan fingerprint density at radius 1 is 1.20 bits per heavy atom. The number of nitrogens with zero attached hydrogens (tertiary/aromatic N) is 5. The van der Waals surface area contributed by atoms with E-state index in [4.69, 9.17) is 4.98 Å². The van der Waals surface area contributed by atoms with Crippen molar-refractivity contribution in [2.24, 2.45) is 7.05 Å². The van der Waals surface area contributed by atoms with Gasteiger partial charge in [0.25, 0.3) is 5.91 Å². The van der Waals surface area contributed by atoms with E-state index < -0.39 is 0 Å². The number of hydrogen-bond acceptors (Lipinski definition) is 7.